The number of carboxylic acids is 1. The van der Waals surface area contributed by atoms with Crippen molar-refractivity contribution in [1.82, 2.24) is 5.32 Å². The van der Waals surface area contributed by atoms with E-state index in [4.69, 9.17) is 5.73 Å². The molecule has 0 aromatic carbocycles. The summed E-state index contributed by atoms with van der Waals surface area (Å²) in [6.07, 6.45) is 3.42. The Morgan fingerprint density at radius 3 is 2.00 bits per heavy atom. The van der Waals surface area contributed by atoms with Gasteiger partial charge in [-0.2, -0.15) is 0 Å². The van der Waals surface area contributed by atoms with Gasteiger partial charge in [0.1, 0.15) is 0 Å². The standard InChI is InChI=1S/C7H12O2.C3H8N2O.ClH/c1-2-7(3-4-7)5-6(8)9;1-5-3(6)2-4;/h2-5H2,1H3,(H,8,9);2,4H2,1H3,(H,5,6);1H/p-1. The van der Waals surface area contributed by atoms with Gasteiger partial charge in [0.2, 0.25) is 5.91 Å². The number of aliphatic carboxylic acids is 1. The summed E-state index contributed by atoms with van der Waals surface area (Å²) in [5.41, 5.74) is 5.02. The molecular weight excluding hydrogens is 232 g/mol. The Hall–Kier alpha value is -0.810. The number of amides is 1. The van der Waals surface area contributed by atoms with Crippen molar-refractivity contribution >= 4 is 24.3 Å². The number of hydrogen-bond donors (Lipinski definition) is 2. The lowest BCUT2D eigenvalue weighted by atomic mass is 10.00. The summed E-state index contributed by atoms with van der Waals surface area (Å²) in [6.45, 7) is 2.12. The third-order valence-electron chi connectivity index (χ3n) is 2.69. The molecule has 0 bridgehead atoms. The second kappa shape index (κ2) is 8.35. The molecule has 0 aromatic heterocycles. The van der Waals surface area contributed by atoms with Crippen LogP contribution in [-0.2, 0) is 9.59 Å². The smallest absolute Gasteiger partial charge is 0.233 e. The average Bonchev–Trinajstić information content (AvgIpc) is 2.97. The summed E-state index contributed by atoms with van der Waals surface area (Å²) in [5.74, 6) is -1.02. The molecule has 0 aromatic rings. The van der Waals surface area contributed by atoms with Crippen LogP contribution in [0.15, 0.2) is 0 Å². The van der Waals surface area contributed by atoms with Crippen molar-refractivity contribution in [2.75, 3.05) is 13.6 Å². The lowest BCUT2D eigenvalue weighted by Gasteiger charge is -2.11. The molecule has 0 unspecified atom stereocenters. The van der Waals surface area contributed by atoms with Crippen molar-refractivity contribution in [2.24, 2.45) is 11.1 Å². The number of halogens is 1. The van der Waals surface area contributed by atoms with E-state index in [0.717, 1.165) is 19.3 Å². The number of hydrogen-bond acceptors (Lipinski definition) is 4. The highest BCUT2D eigenvalue weighted by Crippen LogP contribution is 2.51. The SMILES string of the molecule is CCC1(CC(=O)[O-])CC1.CNC(=O)CN.Cl. The summed E-state index contributed by atoms with van der Waals surface area (Å²) >= 11 is 0. The maximum atomic E-state index is 10.1. The van der Waals surface area contributed by atoms with Crippen molar-refractivity contribution in [3.63, 3.8) is 0 Å². The topological polar surface area (TPSA) is 95.2 Å². The van der Waals surface area contributed by atoms with Crippen LogP contribution in [0.1, 0.15) is 32.6 Å². The molecule has 0 heterocycles. The van der Waals surface area contributed by atoms with E-state index in [-0.39, 0.29) is 36.7 Å². The number of nitrogens with two attached hydrogens (primary N) is 1. The van der Waals surface area contributed by atoms with Gasteiger partial charge in [-0.25, -0.2) is 0 Å². The zero-order valence-corrected chi connectivity index (χ0v) is 10.6. The van der Waals surface area contributed by atoms with Crippen molar-refractivity contribution in [2.45, 2.75) is 32.6 Å². The fraction of sp³-hybridized carbons (Fsp3) is 0.800. The van der Waals surface area contributed by atoms with Crippen LogP contribution < -0.4 is 16.2 Å². The Labute approximate surface area is 102 Å². The molecule has 1 aliphatic rings. The monoisotopic (exact) mass is 251 g/mol. The molecule has 0 saturated heterocycles. The zero-order chi connectivity index (χ0) is 11.9. The van der Waals surface area contributed by atoms with Crippen molar-refractivity contribution in [3.8, 4) is 0 Å². The van der Waals surface area contributed by atoms with Gasteiger partial charge in [0, 0.05) is 13.0 Å². The highest BCUT2D eigenvalue weighted by atomic mass is 35.5. The molecule has 1 rings (SSSR count). The summed E-state index contributed by atoms with van der Waals surface area (Å²) < 4.78 is 0. The third kappa shape index (κ3) is 7.48. The summed E-state index contributed by atoms with van der Waals surface area (Å²) in [4.78, 5) is 20.0. The second-order valence-corrected chi connectivity index (χ2v) is 3.78. The van der Waals surface area contributed by atoms with Gasteiger partial charge in [-0.05, 0) is 24.7 Å². The van der Waals surface area contributed by atoms with Crippen LogP contribution in [0, 0.1) is 5.41 Å². The number of likely N-dealkylation sites (N-methyl/N-ethyl adjacent to an activating group) is 1. The van der Waals surface area contributed by atoms with Crippen LogP contribution in [-0.4, -0.2) is 25.5 Å². The molecular formula is C10H20ClN2O3-. The van der Waals surface area contributed by atoms with Gasteiger partial charge in [-0.1, -0.05) is 13.3 Å². The Kier molecular flexibility index (Phi) is 9.18. The van der Waals surface area contributed by atoms with Crippen LogP contribution >= 0.6 is 12.4 Å². The molecule has 6 heteroatoms. The number of carbonyl (C=O) groups excluding carboxylic acids is 2. The quantitative estimate of drug-likeness (QED) is 0.700. The van der Waals surface area contributed by atoms with Gasteiger partial charge in [0.15, 0.2) is 0 Å². The van der Waals surface area contributed by atoms with Crippen LogP contribution in [0.2, 0.25) is 0 Å². The summed E-state index contributed by atoms with van der Waals surface area (Å²) in [5, 5.41) is 12.5. The first-order chi connectivity index (χ1) is 6.99. The minimum absolute atomic E-state index is 0. The Morgan fingerprint density at radius 2 is 1.94 bits per heavy atom. The molecule has 0 spiro atoms. The molecule has 16 heavy (non-hydrogen) atoms. The molecule has 1 aliphatic carbocycles. The molecule has 5 nitrogen and oxygen atoms in total. The second-order valence-electron chi connectivity index (χ2n) is 3.78. The van der Waals surface area contributed by atoms with E-state index in [9.17, 15) is 14.7 Å². The average molecular weight is 252 g/mol. The molecule has 0 radical (unpaired) electrons. The van der Waals surface area contributed by atoms with E-state index in [2.05, 4.69) is 5.32 Å². The lowest BCUT2D eigenvalue weighted by molar-refractivity contribution is -0.307. The normalized spacial score (nSPS) is 14.9. The molecule has 1 fully saturated rings. The van der Waals surface area contributed by atoms with E-state index in [1.165, 1.54) is 0 Å². The van der Waals surface area contributed by atoms with Gasteiger partial charge < -0.3 is 21.0 Å². The maximum absolute atomic E-state index is 10.1. The van der Waals surface area contributed by atoms with Crippen molar-refractivity contribution in [3.05, 3.63) is 0 Å². The first kappa shape index (κ1) is 17.6. The van der Waals surface area contributed by atoms with Crippen LogP contribution in [0.4, 0.5) is 0 Å². The van der Waals surface area contributed by atoms with Crippen molar-refractivity contribution in [1.29, 1.82) is 0 Å². The van der Waals surface area contributed by atoms with Gasteiger partial charge in [0.25, 0.3) is 0 Å². The molecule has 1 saturated carbocycles. The van der Waals surface area contributed by atoms with Crippen molar-refractivity contribution < 1.29 is 14.7 Å². The van der Waals surface area contributed by atoms with Gasteiger partial charge in [-0.3, -0.25) is 4.79 Å². The number of nitrogens with one attached hydrogen (secondary N) is 1. The van der Waals surface area contributed by atoms with Gasteiger partial charge in [0.05, 0.1) is 6.54 Å². The van der Waals surface area contributed by atoms with Crippen LogP contribution in [0.5, 0.6) is 0 Å². The lowest BCUT2D eigenvalue weighted by Crippen LogP contribution is -2.26. The predicted octanol–water partition coefficient (Wildman–Crippen LogP) is -0.570. The first-order valence-electron chi connectivity index (χ1n) is 5.10. The van der Waals surface area contributed by atoms with Crippen LogP contribution in [0.3, 0.4) is 0 Å². The van der Waals surface area contributed by atoms with E-state index in [1.54, 1.807) is 7.05 Å². The minimum Gasteiger partial charge on any atom is -0.550 e. The molecule has 0 aliphatic heterocycles. The first-order valence-corrected chi connectivity index (χ1v) is 5.10. The summed E-state index contributed by atoms with van der Waals surface area (Å²) in [6, 6.07) is 0. The molecule has 3 N–H and O–H groups in total. The fourth-order valence-corrected chi connectivity index (χ4v) is 1.24. The highest BCUT2D eigenvalue weighted by molar-refractivity contribution is 5.85. The van der Waals surface area contributed by atoms with E-state index in [0.29, 0.717) is 0 Å². The molecule has 1 amide bonds. The summed E-state index contributed by atoms with van der Waals surface area (Å²) in [7, 11) is 1.55. The van der Waals surface area contributed by atoms with E-state index in [1.807, 2.05) is 6.92 Å². The minimum atomic E-state index is -0.894. The Morgan fingerprint density at radius 1 is 1.44 bits per heavy atom. The van der Waals surface area contributed by atoms with E-state index < -0.39 is 5.97 Å². The maximum Gasteiger partial charge on any atom is 0.233 e. The molecule has 96 valence electrons. The molecule has 0 atom stereocenters. The zero-order valence-electron chi connectivity index (χ0n) is 9.75. The predicted molar refractivity (Wildman–Crippen MR) is 62.0 cm³/mol. The fourth-order valence-electron chi connectivity index (χ4n) is 1.24. The largest absolute Gasteiger partial charge is 0.550 e. The number of rotatable bonds is 4. The Balaban J connectivity index is 0. The highest BCUT2D eigenvalue weighted by Gasteiger charge is 2.40. The Bertz CT molecular complexity index is 224. The van der Waals surface area contributed by atoms with E-state index >= 15 is 0 Å². The van der Waals surface area contributed by atoms with Crippen LogP contribution in [0.25, 0.3) is 0 Å². The number of carboxylic acid groups (broad SMARTS) is 1. The van der Waals surface area contributed by atoms with Gasteiger partial charge in [-0.15, -0.1) is 12.4 Å². The number of carbonyl (C=O) groups is 2. The third-order valence-corrected chi connectivity index (χ3v) is 2.69. The van der Waals surface area contributed by atoms with Gasteiger partial charge >= 0.3 is 0 Å².